The lowest BCUT2D eigenvalue weighted by molar-refractivity contribution is -0.385. The summed E-state index contributed by atoms with van der Waals surface area (Å²) in [4.78, 5) is 12.5. The van der Waals surface area contributed by atoms with Gasteiger partial charge in [0.05, 0.1) is 22.0 Å². The number of rotatable bonds is 7. The SMILES string of the molecule is CC1CN(Cc2ccc(CNS(=O)(=O)c3cccc([N+](=O)[O-])c3)cc2)CC(C)O1. The molecule has 156 valence electrons. The minimum absolute atomic E-state index is 0.108. The second kappa shape index (κ2) is 9.00. The fourth-order valence-electron chi connectivity index (χ4n) is 3.46. The fourth-order valence-corrected chi connectivity index (χ4v) is 4.52. The second-order valence-electron chi connectivity index (χ2n) is 7.35. The first-order valence-corrected chi connectivity index (χ1v) is 10.9. The van der Waals surface area contributed by atoms with E-state index < -0.39 is 14.9 Å². The molecule has 1 saturated heterocycles. The number of nitro benzene ring substituents is 1. The molecule has 2 unspecified atom stereocenters. The number of nitro groups is 1. The highest BCUT2D eigenvalue weighted by Crippen LogP contribution is 2.18. The summed E-state index contributed by atoms with van der Waals surface area (Å²) < 4.78 is 33.1. The van der Waals surface area contributed by atoms with E-state index in [9.17, 15) is 18.5 Å². The predicted octanol–water partition coefficient (Wildman–Crippen LogP) is 2.68. The van der Waals surface area contributed by atoms with E-state index in [-0.39, 0.29) is 29.3 Å². The topological polar surface area (TPSA) is 102 Å². The molecule has 0 aromatic heterocycles. The van der Waals surface area contributed by atoms with Crippen LogP contribution in [0.1, 0.15) is 25.0 Å². The van der Waals surface area contributed by atoms with Crippen LogP contribution in [0.2, 0.25) is 0 Å². The quantitative estimate of drug-likeness (QED) is 0.547. The molecule has 1 fully saturated rings. The molecule has 1 aliphatic heterocycles. The van der Waals surface area contributed by atoms with Gasteiger partial charge in [0.1, 0.15) is 0 Å². The Bertz CT molecular complexity index is 952. The third-order valence-electron chi connectivity index (χ3n) is 4.73. The van der Waals surface area contributed by atoms with Crippen LogP contribution >= 0.6 is 0 Å². The highest BCUT2D eigenvalue weighted by molar-refractivity contribution is 7.89. The van der Waals surface area contributed by atoms with Gasteiger partial charge in [-0.1, -0.05) is 30.3 Å². The van der Waals surface area contributed by atoms with Crippen molar-refractivity contribution in [2.45, 2.75) is 44.0 Å². The maximum absolute atomic E-state index is 12.4. The van der Waals surface area contributed by atoms with E-state index in [1.165, 1.54) is 18.2 Å². The summed E-state index contributed by atoms with van der Waals surface area (Å²) in [5.41, 5.74) is 1.70. The average Bonchev–Trinajstić information content (AvgIpc) is 2.67. The van der Waals surface area contributed by atoms with Crippen LogP contribution in [-0.2, 0) is 27.8 Å². The molecule has 29 heavy (non-hydrogen) atoms. The van der Waals surface area contributed by atoms with E-state index in [2.05, 4.69) is 23.5 Å². The van der Waals surface area contributed by atoms with Crippen molar-refractivity contribution in [1.82, 2.24) is 9.62 Å². The lowest BCUT2D eigenvalue weighted by Crippen LogP contribution is -2.44. The second-order valence-corrected chi connectivity index (χ2v) is 9.11. The van der Waals surface area contributed by atoms with Crippen molar-refractivity contribution in [1.29, 1.82) is 0 Å². The zero-order chi connectivity index (χ0) is 21.0. The Labute approximate surface area is 170 Å². The predicted molar refractivity (Wildman–Crippen MR) is 109 cm³/mol. The molecule has 0 radical (unpaired) electrons. The lowest BCUT2D eigenvalue weighted by Gasteiger charge is -2.35. The summed E-state index contributed by atoms with van der Waals surface area (Å²) in [5.74, 6) is 0. The number of ether oxygens (including phenoxy) is 1. The molecule has 3 rings (SSSR count). The van der Waals surface area contributed by atoms with Gasteiger partial charge < -0.3 is 4.74 Å². The maximum atomic E-state index is 12.4. The highest BCUT2D eigenvalue weighted by atomic mass is 32.2. The van der Waals surface area contributed by atoms with Gasteiger partial charge in [-0.25, -0.2) is 13.1 Å². The third-order valence-corrected chi connectivity index (χ3v) is 6.13. The monoisotopic (exact) mass is 419 g/mol. The van der Waals surface area contributed by atoms with Crippen molar-refractivity contribution < 1.29 is 18.1 Å². The Morgan fingerprint density at radius 3 is 2.34 bits per heavy atom. The molecular weight excluding hydrogens is 394 g/mol. The first kappa shape index (κ1) is 21.4. The molecule has 0 amide bonds. The maximum Gasteiger partial charge on any atom is 0.270 e. The largest absolute Gasteiger partial charge is 0.373 e. The minimum atomic E-state index is -3.84. The average molecular weight is 420 g/mol. The summed E-state index contributed by atoms with van der Waals surface area (Å²) in [6.45, 7) is 6.83. The zero-order valence-corrected chi connectivity index (χ0v) is 17.3. The van der Waals surface area contributed by atoms with E-state index in [0.717, 1.165) is 36.8 Å². The summed E-state index contributed by atoms with van der Waals surface area (Å²) in [6, 6.07) is 12.8. The molecule has 1 heterocycles. The first-order valence-electron chi connectivity index (χ1n) is 9.43. The van der Waals surface area contributed by atoms with Crippen LogP contribution in [0.5, 0.6) is 0 Å². The van der Waals surface area contributed by atoms with Crippen molar-refractivity contribution in [3.8, 4) is 0 Å². The number of hydrogen-bond donors (Lipinski definition) is 1. The molecule has 2 atom stereocenters. The van der Waals surface area contributed by atoms with Gasteiger partial charge in [0, 0.05) is 38.3 Å². The Balaban J connectivity index is 1.60. The molecule has 2 aromatic carbocycles. The van der Waals surface area contributed by atoms with E-state index >= 15 is 0 Å². The Hall–Kier alpha value is -2.33. The van der Waals surface area contributed by atoms with E-state index in [1.807, 2.05) is 24.3 Å². The zero-order valence-electron chi connectivity index (χ0n) is 16.4. The molecule has 0 spiro atoms. The standard InChI is InChI=1S/C20H25N3O5S/c1-15-12-22(13-16(2)28-15)14-18-8-6-17(7-9-18)11-21-29(26,27)20-5-3-4-19(10-20)23(24)25/h3-10,15-16,21H,11-14H2,1-2H3. The molecule has 1 aliphatic rings. The minimum Gasteiger partial charge on any atom is -0.373 e. The van der Waals surface area contributed by atoms with E-state index in [4.69, 9.17) is 4.74 Å². The number of nitrogens with one attached hydrogen (secondary N) is 1. The Morgan fingerprint density at radius 2 is 1.72 bits per heavy atom. The van der Waals surface area contributed by atoms with Crippen molar-refractivity contribution >= 4 is 15.7 Å². The third kappa shape index (κ3) is 5.83. The first-order chi connectivity index (χ1) is 13.7. The Morgan fingerprint density at radius 1 is 1.10 bits per heavy atom. The van der Waals surface area contributed by atoms with Crippen molar-refractivity contribution in [3.63, 3.8) is 0 Å². The normalized spacial score (nSPS) is 20.5. The van der Waals surface area contributed by atoms with Crippen LogP contribution in [0.3, 0.4) is 0 Å². The van der Waals surface area contributed by atoms with Crippen molar-refractivity contribution in [2.75, 3.05) is 13.1 Å². The number of morpholine rings is 1. The fraction of sp³-hybridized carbons (Fsp3) is 0.400. The highest BCUT2D eigenvalue weighted by Gasteiger charge is 2.22. The molecule has 0 bridgehead atoms. The molecule has 8 nitrogen and oxygen atoms in total. The number of sulfonamides is 1. The van der Waals surface area contributed by atoms with Crippen LogP contribution in [0.4, 0.5) is 5.69 Å². The van der Waals surface area contributed by atoms with Crippen molar-refractivity contribution in [3.05, 3.63) is 69.8 Å². The van der Waals surface area contributed by atoms with Crippen LogP contribution in [0.25, 0.3) is 0 Å². The van der Waals surface area contributed by atoms with Crippen LogP contribution < -0.4 is 4.72 Å². The number of nitrogens with zero attached hydrogens (tertiary/aromatic N) is 2. The van der Waals surface area contributed by atoms with E-state index in [0.29, 0.717) is 0 Å². The van der Waals surface area contributed by atoms with Gasteiger partial charge >= 0.3 is 0 Å². The van der Waals surface area contributed by atoms with Gasteiger partial charge in [0.25, 0.3) is 5.69 Å². The molecule has 2 aromatic rings. The van der Waals surface area contributed by atoms with Crippen LogP contribution in [0.15, 0.2) is 53.4 Å². The van der Waals surface area contributed by atoms with Crippen LogP contribution in [0, 0.1) is 10.1 Å². The summed E-state index contributed by atoms with van der Waals surface area (Å²) in [6.07, 6.45) is 0.419. The molecule has 1 N–H and O–H groups in total. The van der Waals surface area contributed by atoms with Gasteiger partial charge in [0.15, 0.2) is 0 Å². The summed E-state index contributed by atoms with van der Waals surface area (Å²) in [5, 5.41) is 10.9. The summed E-state index contributed by atoms with van der Waals surface area (Å²) in [7, 11) is -3.84. The molecule has 0 aliphatic carbocycles. The Kier molecular flexibility index (Phi) is 6.63. The lowest BCUT2D eigenvalue weighted by atomic mass is 10.1. The number of non-ortho nitro benzene ring substituents is 1. The molecule has 9 heteroatoms. The number of benzene rings is 2. The molecule has 0 saturated carbocycles. The van der Waals surface area contributed by atoms with E-state index in [1.54, 1.807) is 0 Å². The van der Waals surface area contributed by atoms with Gasteiger partial charge in [-0.3, -0.25) is 15.0 Å². The number of hydrogen-bond acceptors (Lipinski definition) is 6. The van der Waals surface area contributed by atoms with Gasteiger partial charge in [-0.05, 0) is 31.0 Å². The molecular formula is C20H25N3O5S. The van der Waals surface area contributed by atoms with Gasteiger partial charge in [-0.15, -0.1) is 0 Å². The van der Waals surface area contributed by atoms with Crippen molar-refractivity contribution in [2.24, 2.45) is 0 Å². The van der Waals surface area contributed by atoms with Crippen LogP contribution in [-0.4, -0.2) is 43.5 Å². The summed E-state index contributed by atoms with van der Waals surface area (Å²) >= 11 is 0. The smallest absolute Gasteiger partial charge is 0.270 e. The van der Waals surface area contributed by atoms with Gasteiger partial charge in [0.2, 0.25) is 10.0 Å². The van der Waals surface area contributed by atoms with Gasteiger partial charge in [-0.2, -0.15) is 0 Å².